The van der Waals surface area contributed by atoms with Gasteiger partial charge in [0.2, 0.25) is 11.7 Å². The molecule has 0 aromatic heterocycles. The Balaban J connectivity index is 1.81. The molecule has 2 aliphatic heterocycles. The van der Waals surface area contributed by atoms with Crippen LogP contribution in [0.3, 0.4) is 0 Å². The molecule has 1 saturated heterocycles. The number of quaternary nitrogens is 1. The van der Waals surface area contributed by atoms with E-state index in [1.54, 1.807) is 11.1 Å². The Morgan fingerprint density at radius 3 is 2.42 bits per heavy atom. The topological polar surface area (TPSA) is 66.8 Å². The first-order valence-electron chi connectivity index (χ1n) is 11.4. The highest BCUT2D eigenvalue weighted by atomic mass is 19.4. The molecule has 2 heterocycles. The summed E-state index contributed by atoms with van der Waals surface area (Å²) in [5.74, 6) is -0.965. The molecular weight excluding hydrogens is 437 g/mol. The highest BCUT2D eigenvalue weighted by Gasteiger charge is 2.52. The minimum Gasteiger partial charge on any atom is -0.476 e. The van der Waals surface area contributed by atoms with Crippen molar-refractivity contribution >= 4 is 11.7 Å². The van der Waals surface area contributed by atoms with Gasteiger partial charge in [0, 0.05) is 32.4 Å². The van der Waals surface area contributed by atoms with Gasteiger partial charge in [-0.1, -0.05) is 31.2 Å². The quantitative estimate of drug-likeness (QED) is 0.595. The molecule has 1 fully saturated rings. The number of hydrogen-bond acceptors (Lipinski definition) is 4. The van der Waals surface area contributed by atoms with Gasteiger partial charge in [0.05, 0.1) is 13.1 Å². The minimum absolute atomic E-state index is 0.0462. The third-order valence-electron chi connectivity index (χ3n) is 6.93. The molecule has 0 radical (unpaired) electrons. The van der Waals surface area contributed by atoms with Crippen molar-refractivity contribution in [2.75, 3.05) is 33.4 Å². The fourth-order valence-electron chi connectivity index (χ4n) is 5.07. The fourth-order valence-corrected chi connectivity index (χ4v) is 5.07. The SMILES string of the molecule is CCc1ccccc1CCC1C(=O)C(OCC(F)(F)F)=C[N+]1(C)C1CCN(C(=O)CO)CC1. The van der Waals surface area contributed by atoms with Crippen LogP contribution in [0.25, 0.3) is 0 Å². The lowest BCUT2D eigenvalue weighted by atomic mass is 9.93. The van der Waals surface area contributed by atoms with Crippen LogP contribution in [0.5, 0.6) is 0 Å². The molecule has 2 atom stereocenters. The number of ketones is 1. The van der Waals surface area contributed by atoms with Crippen molar-refractivity contribution in [3.63, 3.8) is 0 Å². The van der Waals surface area contributed by atoms with Crippen LogP contribution in [0.2, 0.25) is 0 Å². The van der Waals surface area contributed by atoms with E-state index in [4.69, 9.17) is 9.84 Å². The van der Waals surface area contributed by atoms with Gasteiger partial charge in [0.15, 0.2) is 12.6 Å². The summed E-state index contributed by atoms with van der Waals surface area (Å²) in [6.07, 6.45) is 0.156. The van der Waals surface area contributed by atoms with Crippen LogP contribution in [0.1, 0.15) is 37.3 Å². The number of likely N-dealkylation sites (N-methyl/N-ethyl adjacent to an activating group) is 1. The molecule has 2 unspecified atom stereocenters. The number of benzene rings is 1. The molecule has 1 N–H and O–H groups in total. The fraction of sp³-hybridized carbons (Fsp3) is 0.583. The van der Waals surface area contributed by atoms with E-state index < -0.39 is 31.2 Å². The van der Waals surface area contributed by atoms with Gasteiger partial charge >= 0.3 is 6.18 Å². The van der Waals surface area contributed by atoms with Crippen LogP contribution in [-0.2, 0) is 27.2 Å². The molecule has 0 bridgehead atoms. The standard InChI is InChI=1S/C24H32F3N2O4/c1-3-17-6-4-5-7-18(17)8-9-20-23(32)21(33-16-24(25,26)27)14-29(20,2)19-10-12-28(13-11-19)22(31)15-30/h4-7,14,19-20,30H,3,8-13,15-16H2,1-2H3/q+1. The van der Waals surface area contributed by atoms with E-state index in [-0.39, 0.29) is 22.2 Å². The lowest BCUT2D eigenvalue weighted by molar-refractivity contribution is -0.899. The number of Topliss-reactive ketones (excluding diaryl/α,β-unsaturated/α-hetero) is 1. The Morgan fingerprint density at radius 1 is 1.21 bits per heavy atom. The Kier molecular flexibility index (Phi) is 7.84. The van der Waals surface area contributed by atoms with Gasteiger partial charge in [-0.3, -0.25) is 14.1 Å². The molecule has 1 aromatic carbocycles. The summed E-state index contributed by atoms with van der Waals surface area (Å²) in [4.78, 5) is 26.6. The number of amides is 1. The van der Waals surface area contributed by atoms with Crippen LogP contribution in [-0.4, -0.2) is 77.8 Å². The van der Waals surface area contributed by atoms with E-state index in [2.05, 4.69) is 6.92 Å². The third-order valence-corrected chi connectivity index (χ3v) is 6.93. The van der Waals surface area contributed by atoms with Crippen molar-refractivity contribution in [3.05, 3.63) is 47.4 Å². The number of carbonyl (C=O) groups excluding carboxylic acids is 2. The second kappa shape index (κ2) is 10.3. The maximum atomic E-state index is 13.2. The zero-order valence-electron chi connectivity index (χ0n) is 19.1. The molecule has 0 saturated carbocycles. The molecule has 2 aliphatic rings. The number of hydrogen-bond donors (Lipinski definition) is 1. The van der Waals surface area contributed by atoms with Gasteiger partial charge in [-0.25, -0.2) is 0 Å². The van der Waals surface area contributed by atoms with E-state index in [1.807, 2.05) is 31.3 Å². The monoisotopic (exact) mass is 469 g/mol. The van der Waals surface area contributed by atoms with Gasteiger partial charge < -0.3 is 14.7 Å². The second-order valence-corrected chi connectivity index (χ2v) is 8.93. The maximum Gasteiger partial charge on any atom is 0.422 e. The van der Waals surface area contributed by atoms with Gasteiger partial charge in [0.1, 0.15) is 12.8 Å². The first kappa shape index (κ1) is 25.2. The van der Waals surface area contributed by atoms with Gasteiger partial charge in [-0.15, -0.1) is 0 Å². The van der Waals surface area contributed by atoms with E-state index in [1.165, 1.54) is 5.56 Å². The number of aliphatic hydroxyl groups is 1. The highest BCUT2D eigenvalue weighted by Crippen LogP contribution is 2.36. The van der Waals surface area contributed by atoms with Gasteiger partial charge in [-0.2, -0.15) is 13.2 Å². The van der Waals surface area contributed by atoms with Crippen molar-refractivity contribution in [2.45, 2.75) is 57.3 Å². The minimum atomic E-state index is -4.53. The largest absolute Gasteiger partial charge is 0.476 e. The maximum absolute atomic E-state index is 13.2. The highest BCUT2D eigenvalue weighted by molar-refractivity contribution is 5.98. The first-order valence-corrected chi connectivity index (χ1v) is 11.4. The van der Waals surface area contributed by atoms with Crippen molar-refractivity contribution in [1.29, 1.82) is 0 Å². The Bertz CT molecular complexity index is 894. The Hall–Kier alpha value is -2.39. The summed E-state index contributed by atoms with van der Waals surface area (Å²) in [6.45, 7) is 0.878. The lowest BCUT2D eigenvalue weighted by Crippen LogP contribution is -2.58. The predicted octanol–water partition coefficient (Wildman–Crippen LogP) is 2.98. The summed E-state index contributed by atoms with van der Waals surface area (Å²) >= 11 is 0. The molecular formula is C24H32F3N2O4+. The molecule has 1 amide bonds. The zero-order valence-corrected chi connectivity index (χ0v) is 19.1. The number of ether oxygens (including phenoxy) is 1. The Labute approximate surface area is 192 Å². The van der Waals surface area contributed by atoms with Crippen LogP contribution in [0, 0.1) is 0 Å². The molecule has 3 rings (SSSR count). The first-order chi connectivity index (χ1) is 15.6. The summed E-state index contributed by atoms with van der Waals surface area (Å²) < 4.78 is 43.4. The number of likely N-dealkylation sites (tertiary alicyclic amines) is 1. The van der Waals surface area contributed by atoms with E-state index in [0.29, 0.717) is 38.8 Å². The summed E-state index contributed by atoms with van der Waals surface area (Å²) in [5, 5.41) is 9.11. The van der Waals surface area contributed by atoms with Crippen molar-refractivity contribution < 1.29 is 37.1 Å². The smallest absolute Gasteiger partial charge is 0.422 e. The van der Waals surface area contributed by atoms with E-state index >= 15 is 0 Å². The molecule has 0 spiro atoms. The number of rotatable bonds is 8. The van der Waals surface area contributed by atoms with E-state index in [9.17, 15) is 22.8 Å². The second-order valence-electron chi connectivity index (χ2n) is 8.93. The van der Waals surface area contributed by atoms with Crippen LogP contribution < -0.4 is 0 Å². The normalized spacial score (nSPS) is 24.2. The van der Waals surface area contributed by atoms with Crippen LogP contribution in [0.15, 0.2) is 36.2 Å². The number of piperidine rings is 1. The van der Waals surface area contributed by atoms with E-state index in [0.717, 1.165) is 12.0 Å². The molecule has 9 heteroatoms. The average Bonchev–Trinajstić information content (AvgIpc) is 3.05. The number of alkyl halides is 3. The van der Waals surface area contributed by atoms with Crippen LogP contribution in [0.4, 0.5) is 13.2 Å². The lowest BCUT2D eigenvalue weighted by Gasteiger charge is -2.44. The molecule has 0 aliphatic carbocycles. The molecule has 33 heavy (non-hydrogen) atoms. The van der Waals surface area contributed by atoms with Crippen molar-refractivity contribution in [2.24, 2.45) is 0 Å². The predicted molar refractivity (Wildman–Crippen MR) is 116 cm³/mol. The van der Waals surface area contributed by atoms with Crippen LogP contribution >= 0.6 is 0 Å². The number of aryl methyl sites for hydroxylation is 2. The summed E-state index contributed by atoms with van der Waals surface area (Å²) in [6, 6.07) is 7.39. The number of halogens is 3. The van der Waals surface area contributed by atoms with Gasteiger partial charge in [0.25, 0.3) is 5.78 Å². The summed E-state index contributed by atoms with van der Waals surface area (Å²) in [5.41, 5.74) is 2.32. The van der Waals surface area contributed by atoms with Gasteiger partial charge in [-0.05, 0) is 24.0 Å². The number of nitrogens with zero attached hydrogens (tertiary/aromatic N) is 2. The Morgan fingerprint density at radius 2 is 1.85 bits per heavy atom. The average molecular weight is 470 g/mol. The number of carbonyl (C=O) groups is 2. The van der Waals surface area contributed by atoms with Crippen molar-refractivity contribution in [1.82, 2.24) is 4.90 Å². The number of aliphatic hydroxyl groups excluding tert-OH is 1. The molecule has 1 aromatic rings. The summed E-state index contributed by atoms with van der Waals surface area (Å²) in [7, 11) is 1.87. The molecule has 6 nitrogen and oxygen atoms in total. The molecule has 182 valence electrons. The zero-order chi connectivity index (χ0) is 24.2. The third kappa shape index (κ3) is 5.76. The van der Waals surface area contributed by atoms with Crippen molar-refractivity contribution in [3.8, 4) is 0 Å².